The molecule has 3 aromatic rings. The number of fused-ring (bicyclic) bond motifs is 1. The molecule has 10 heteroatoms. The largest absolute Gasteiger partial charge is 0.488 e. The molecule has 0 fully saturated rings. The number of rotatable bonds is 25. The average molecular weight is 692 g/mol. The third-order valence-corrected chi connectivity index (χ3v) is 9.23. The van der Waals surface area contributed by atoms with Crippen LogP contribution in [0.5, 0.6) is 5.75 Å². The summed E-state index contributed by atoms with van der Waals surface area (Å²) in [5, 5.41) is 3.49. The molecular weight excluding hydrogens is 634 g/mol. The van der Waals surface area contributed by atoms with Gasteiger partial charge in [-0.3, -0.25) is 14.9 Å². The normalized spacial score (nSPS) is 11.9. The minimum atomic E-state index is -1.32. The number of ether oxygens (including phenoxy) is 3. The number of carbonyl (C=O) groups is 4. The SMILES string of the molecule is CCCCCCCCCCCCCCC(CNC(C(=O)OC)C(=O)OC)Oc1cccc2c1c(C(=O)C(N)=O)c(CC)n2Cc1ccccc1. The van der Waals surface area contributed by atoms with Gasteiger partial charge in [-0.2, -0.15) is 0 Å². The molecule has 0 bridgehead atoms. The first kappa shape index (κ1) is 40.3. The summed E-state index contributed by atoms with van der Waals surface area (Å²) in [7, 11) is 2.42. The topological polar surface area (TPSA) is 139 Å². The van der Waals surface area contributed by atoms with Gasteiger partial charge in [0.15, 0.2) is 0 Å². The molecule has 0 radical (unpaired) electrons. The van der Waals surface area contributed by atoms with Gasteiger partial charge in [0.05, 0.1) is 30.7 Å². The third-order valence-electron chi connectivity index (χ3n) is 9.23. The van der Waals surface area contributed by atoms with Crippen LogP contribution in [0.15, 0.2) is 48.5 Å². The van der Waals surface area contributed by atoms with E-state index < -0.39 is 35.8 Å². The second kappa shape index (κ2) is 21.8. The van der Waals surface area contributed by atoms with Crippen LogP contribution < -0.4 is 15.8 Å². The zero-order chi connectivity index (χ0) is 36.3. The molecule has 1 aromatic heterocycles. The molecule has 1 unspecified atom stereocenters. The second-order valence-corrected chi connectivity index (χ2v) is 12.9. The van der Waals surface area contributed by atoms with E-state index in [2.05, 4.69) is 12.2 Å². The fourth-order valence-corrected chi connectivity index (χ4v) is 6.54. The Morgan fingerprint density at radius 3 is 1.88 bits per heavy atom. The Balaban J connectivity index is 1.84. The first-order chi connectivity index (χ1) is 24.3. The highest BCUT2D eigenvalue weighted by Crippen LogP contribution is 2.36. The van der Waals surface area contributed by atoms with E-state index in [1.54, 1.807) is 6.07 Å². The molecular formula is C40H57N3O7. The number of ketones is 1. The molecule has 1 amide bonds. The van der Waals surface area contributed by atoms with Crippen LogP contribution in [0.2, 0.25) is 0 Å². The highest BCUT2D eigenvalue weighted by Gasteiger charge is 2.31. The Morgan fingerprint density at radius 2 is 1.34 bits per heavy atom. The first-order valence-corrected chi connectivity index (χ1v) is 18.3. The van der Waals surface area contributed by atoms with Gasteiger partial charge in [0, 0.05) is 18.8 Å². The van der Waals surface area contributed by atoms with Crippen LogP contribution in [0.25, 0.3) is 10.9 Å². The number of nitrogens with one attached hydrogen (secondary N) is 1. The van der Waals surface area contributed by atoms with Gasteiger partial charge in [-0.25, -0.2) is 9.59 Å². The minimum absolute atomic E-state index is 0.133. The number of nitrogens with two attached hydrogens (primary N) is 1. The Morgan fingerprint density at radius 1 is 0.760 bits per heavy atom. The number of unbranched alkanes of at least 4 members (excludes halogenated alkanes) is 11. The Hall–Kier alpha value is -4.18. The molecule has 0 saturated heterocycles. The zero-order valence-electron chi connectivity index (χ0n) is 30.5. The smallest absolute Gasteiger partial charge is 0.334 e. The van der Waals surface area contributed by atoms with Gasteiger partial charge in [-0.15, -0.1) is 0 Å². The first-order valence-electron chi connectivity index (χ1n) is 18.3. The number of primary amides is 1. The Labute approximate surface area is 297 Å². The second-order valence-electron chi connectivity index (χ2n) is 12.9. The summed E-state index contributed by atoms with van der Waals surface area (Å²) in [6.07, 6.45) is 15.2. The molecule has 2 aromatic carbocycles. The number of Topliss-reactive ketones (excluding diaryl/α,β-unsaturated/α-hetero) is 1. The zero-order valence-corrected chi connectivity index (χ0v) is 30.5. The number of hydrogen-bond donors (Lipinski definition) is 2. The van der Waals surface area contributed by atoms with Gasteiger partial charge in [0.25, 0.3) is 11.7 Å². The molecule has 0 spiro atoms. The van der Waals surface area contributed by atoms with Gasteiger partial charge in [-0.1, -0.05) is 121 Å². The van der Waals surface area contributed by atoms with Gasteiger partial charge < -0.3 is 24.5 Å². The molecule has 274 valence electrons. The summed E-state index contributed by atoms with van der Waals surface area (Å²) in [4.78, 5) is 50.6. The molecule has 0 saturated carbocycles. The molecule has 3 N–H and O–H groups in total. The van der Waals surface area contributed by atoms with Crippen LogP contribution in [0, 0.1) is 0 Å². The maximum Gasteiger partial charge on any atom is 0.334 e. The maximum atomic E-state index is 13.4. The standard InChI is InChI=1S/C40H57N3O7/c1-5-7-8-9-10-11-12-13-14-15-16-20-24-30(27-42-36(39(46)48-3)40(47)49-4)50-33-26-21-25-32-34(33)35(37(44)38(41)45)31(6-2)43(32)28-29-22-18-17-19-23-29/h17-19,21-23,25-26,30,36,42H,5-16,20,24,27-28H2,1-4H3,(H2,41,45). The van der Waals surface area contributed by atoms with Crippen molar-refractivity contribution in [3.05, 3.63) is 65.4 Å². The molecule has 3 rings (SSSR count). The van der Waals surface area contributed by atoms with Gasteiger partial charge in [-0.05, 0) is 37.0 Å². The molecule has 0 aliphatic carbocycles. The summed E-state index contributed by atoms with van der Waals surface area (Å²) in [6, 6.07) is 14.1. The molecule has 10 nitrogen and oxygen atoms in total. The number of benzene rings is 2. The lowest BCUT2D eigenvalue weighted by Crippen LogP contribution is -2.48. The van der Waals surface area contributed by atoms with Crippen molar-refractivity contribution >= 4 is 34.5 Å². The number of hydrogen-bond acceptors (Lipinski definition) is 8. The lowest BCUT2D eigenvalue weighted by molar-refractivity contribution is -0.155. The van der Waals surface area contributed by atoms with E-state index in [0.717, 1.165) is 30.3 Å². The van der Waals surface area contributed by atoms with Crippen molar-refractivity contribution in [2.45, 2.75) is 122 Å². The molecule has 1 heterocycles. The van der Waals surface area contributed by atoms with Crippen LogP contribution in [-0.4, -0.2) is 61.1 Å². The van der Waals surface area contributed by atoms with E-state index in [-0.39, 0.29) is 12.1 Å². The minimum Gasteiger partial charge on any atom is -0.488 e. The number of methoxy groups -OCH3 is 2. The fourth-order valence-electron chi connectivity index (χ4n) is 6.54. The molecule has 0 aliphatic heterocycles. The maximum absolute atomic E-state index is 13.4. The van der Waals surface area contributed by atoms with Crippen molar-refractivity contribution < 1.29 is 33.4 Å². The Bertz CT molecular complexity index is 1500. The molecule has 0 aliphatic rings. The highest BCUT2D eigenvalue weighted by molar-refractivity contribution is 6.45. The average Bonchev–Trinajstić information content (AvgIpc) is 3.45. The van der Waals surface area contributed by atoms with Crippen molar-refractivity contribution in [3.8, 4) is 5.75 Å². The summed E-state index contributed by atoms with van der Waals surface area (Å²) < 4.78 is 18.4. The van der Waals surface area contributed by atoms with Gasteiger partial charge >= 0.3 is 11.9 Å². The summed E-state index contributed by atoms with van der Waals surface area (Å²) in [6.45, 7) is 4.80. The van der Waals surface area contributed by atoms with E-state index in [9.17, 15) is 19.2 Å². The van der Waals surface area contributed by atoms with Crippen LogP contribution in [0.4, 0.5) is 0 Å². The number of amides is 1. The van der Waals surface area contributed by atoms with Crippen molar-refractivity contribution in [2.24, 2.45) is 5.73 Å². The summed E-state index contributed by atoms with van der Waals surface area (Å²) in [5.74, 6) is -2.92. The van der Waals surface area contributed by atoms with E-state index in [1.807, 2.05) is 54.0 Å². The number of aromatic nitrogens is 1. The van der Waals surface area contributed by atoms with Gasteiger partial charge in [0.1, 0.15) is 11.9 Å². The number of esters is 2. The van der Waals surface area contributed by atoms with Crippen molar-refractivity contribution in [1.29, 1.82) is 0 Å². The van der Waals surface area contributed by atoms with Crippen LogP contribution in [0.3, 0.4) is 0 Å². The van der Waals surface area contributed by atoms with Crippen molar-refractivity contribution in [3.63, 3.8) is 0 Å². The van der Waals surface area contributed by atoms with E-state index >= 15 is 0 Å². The monoisotopic (exact) mass is 691 g/mol. The third kappa shape index (κ3) is 11.7. The van der Waals surface area contributed by atoms with Crippen LogP contribution in [0.1, 0.15) is 119 Å². The van der Waals surface area contributed by atoms with Crippen molar-refractivity contribution in [1.82, 2.24) is 9.88 Å². The number of carbonyl (C=O) groups excluding carboxylic acids is 4. The highest BCUT2D eigenvalue weighted by atomic mass is 16.5. The summed E-state index contributed by atoms with van der Waals surface area (Å²) >= 11 is 0. The van der Waals surface area contributed by atoms with Crippen LogP contribution >= 0.6 is 0 Å². The molecule has 50 heavy (non-hydrogen) atoms. The Kier molecular flexibility index (Phi) is 17.6. The predicted octanol–water partition coefficient (Wildman–Crippen LogP) is 7.06. The van der Waals surface area contributed by atoms with E-state index in [1.165, 1.54) is 72.0 Å². The van der Waals surface area contributed by atoms with Crippen molar-refractivity contribution in [2.75, 3.05) is 20.8 Å². The lowest BCUT2D eigenvalue weighted by Gasteiger charge is -2.23. The van der Waals surface area contributed by atoms with Gasteiger partial charge in [0.2, 0.25) is 6.04 Å². The van der Waals surface area contributed by atoms with E-state index in [4.69, 9.17) is 19.9 Å². The predicted molar refractivity (Wildman–Crippen MR) is 196 cm³/mol. The quantitative estimate of drug-likeness (QED) is 0.0317. The summed E-state index contributed by atoms with van der Waals surface area (Å²) in [5.41, 5.74) is 8.29. The van der Waals surface area contributed by atoms with Crippen LogP contribution in [-0.2, 0) is 36.8 Å². The lowest BCUT2D eigenvalue weighted by atomic mass is 10.0. The number of nitrogens with zero attached hydrogens (tertiary/aromatic N) is 1. The van der Waals surface area contributed by atoms with E-state index in [0.29, 0.717) is 36.2 Å². The fraction of sp³-hybridized carbons (Fsp3) is 0.550. The molecule has 1 atom stereocenters.